The average molecular weight is 214 g/mol. The normalized spacial score (nSPS) is 26.8. The predicted octanol–water partition coefficient (Wildman–Crippen LogP) is 1.34. The van der Waals surface area contributed by atoms with E-state index in [0.29, 0.717) is 12.2 Å². The van der Waals surface area contributed by atoms with Crippen LogP contribution >= 0.6 is 0 Å². The van der Waals surface area contributed by atoms with Crippen LogP contribution < -0.4 is 5.32 Å². The molecule has 1 N–H and O–H groups in total. The number of likely N-dealkylation sites (N-methyl/N-ethyl adjacent to an activating group) is 1. The van der Waals surface area contributed by atoms with Crippen LogP contribution in [0.15, 0.2) is 0 Å². The summed E-state index contributed by atoms with van der Waals surface area (Å²) in [6.45, 7) is 7.63. The molecule has 1 aliphatic rings. The fourth-order valence-corrected chi connectivity index (χ4v) is 2.00. The molecule has 0 amide bonds. The van der Waals surface area contributed by atoms with Crippen LogP contribution in [-0.2, 0) is 4.74 Å². The van der Waals surface area contributed by atoms with Gasteiger partial charge < -0.3 is 15.0 Å². The van der Waals surface area contributed by atoms with Crippen LogP contribution in [0.25, 0.3) is 0 Å². The first-order valence-corrected chi connectivity index (χ1v) is 6.09. The Kier molecular flexibility index (Phi) is 5.58. The molecule has 2 unspecified atom stereocenters. The molecule has 3 heteroatoms. The van der Waals surface area contributed by atoms with Crippen molar-refractivity contribution in [3.05, 3.63) is 0 Å². The summed E-state index contributed by atoms with van der Waals surface area (Å²) in [5.74, 6) is 0.726. The first-order valence-electron chi connectivity index (χ1n) is 6.09. The lowest BCUT2D eigenvalue weighted by Crippen LogP contribution is -2.31. The van der Waals surface area contributed by atoms with E-state index in [9.17, 15) is 0 Å². The second kappa shape index (κ2) is 6.46. The zero-order valence-electron chi connectivity index (χ0n) is 10.6. The Morgan fingerprint density at radius 3 is 2.53 bits per heavy atom. The molecule has 0 aromatic carbocycles. The Hall–Kier alpha value is -0.120. The Balaban J connectivity index is 2.08. The minimum atomic E-state index is 0.439. The van der Waals surface area contributed by atoms with E-state index in [1.807, 2.05) is 0 Å². The second-order valence-corrected chi connectivity index (χ2v) is 5.27. The Bertz CT molecular complexity index is 171. The van der Waals surface area contributed by atoms with Gasteiger partial charge in [-0.1, -0.05) is 13.8 Å². The smallest absolute Gasteiger partial charge is 0.0707 e. The van der Waals surface area contributed by atoms with Gasteiger partial charge in [0.2, 0.25) is 0 Å². The van der Waals surface area contributed by atoms with Crippen molar-refractivity contribution in [2.24, 2.45) is 5.92 Å². The highest BCUT2D eigenvalue weighted by atomic mass is 16.5. The molecule has 1 aliphatic heterocycles. The third-order valence-corrected chi connectivity index (χ3v) is 2.69. The van der Waals surface area contributed by atoms with Gasteiger partial charge >= 0.3 is 0 Å². The van der Waals surface area contributed by atoms with Gasteiger partial charge in [0.15, 0.2) is 0 Å². The van der Waals surface area contributed by atoms with Crippen molar-refractivity contribution < 1.29 is 4.74 Å². The van der Waals surface area contributed by atoms with Gasteiger partial charge in [-0.15, -0.1) is 0 Å². The van der Waals surface area contributed by atoms with Crippen molar-refractivity contribution in [3.8, 4) is 0 Å². The number of nitrogens with zero attached hydrogens (tertiary/aromatic N) is 1. The van der Waals surface area contributed by atoms with E-state index < -0.39 is 0 Å². The molecular weight excluding hydrogens is 188 g/mol. The number of ether oxygens (including phenoxy) is 1. The molecule has 90 valence electrons. The van der Waals surface area contributed by atoms with Gasteiger partial charge in [0, 0.05) is 13.1 Å². The van der Waals surface area contributed by atoms with E-state index >= 15 is 0 Å². The third kappa shape index (κ3) is 5.50. The maximum atomic E-state index is 5.95. The summed E-state index contributed by atoms with van der Waals surface area (Å²) in [5.41, 5.74) is 0. The molecule has 0 radical (unpaired) electrons. The van der Waals surface area contributed by atoms with Crippen LogP contribution in [0, 0.1) is 5.92 Å². The van der Waals surface area contributed by atoms with Gasteiger partial charge in [-0.05, 0) is 39.4 Å². The molecule has 0 spiro atoms. The van der Waals surface area contributed by atoms with Crippen LogP contribution in [0.1, 0.15) is 26.7 Å². The molecule has 1 fully saturated rings. The van der Waals surface area contributed by atoms with Crippen molar-refractivity contribution in [1.29, 1.82) is 0 Å². The number of nitrogens with one attached hydrogen (secondary N) is 1. The predicted molar refractivity (Wildman–Crippen MR) is 64.2 cm³/mol. The molecule has 15 heavy (non-hydrogen) atoms. The summed E-state index contributed by atoms with van der Waals surface area (Å²) in [6, 6.07) is 0. The maximum Gasteiger partial charge on any atom is 0.0707 e. The molecule has 0 bridgehead atoms. The van der Waals surface area contributed by atoms with Crippen molar-refractivity contribution in [2.45, 2.75) is 38.9 Å². The summed E-state index contributed by atoms with van der Waals surface area (Å²) < 4.78 is 5.95. The van der Waals surface area contributed by atoms with E-state index in [0.717, 1.165) is 25.6 Å². The molecule has 3 nitrogen and oxygen atoms in total. The third-order valence-electron chi connectivity index (χ3n) is 2.69. The molecule has 2 atom stereocenters. The molecule has 0 aliphatic carbocycles. The average Bonchev–Trinajstić information content (AvgIpc) is 2.50. The topological polar surface area (TPSA) is 24.5 Å². The van der Waals surface area contributed by atoms with Crippen LogP contribution in [-0.4, -0.2) is 50.8 Å². The molecule has 0 saturated carbocycles. The van der Waals surface area contributed by atoms with Gasteiger partial charge in [0.25, 0.3) is 0 Å². The van der Waals surface area contributed by atoms with Crippen molar-refractivity contribution >= 4 is 0 Å². The lowest BCUT2D eigenvalue weighted by molar-refractivity contribution is 0.0315. The van der Waals surface area contributed by atoms with Gasteiger partial charge in [-0.3, -0.25) is 0 Å². The summed E-state index contributed by atoms with van der Waals surface area (Å²) in [6.07, 6.45) is 3.31. The van der Waals surface area contributed by atoms with Gasteiger partial charge in [-0.2, -0.15) is 0 Å². The summed E-state index contributed by atoms with van der Waals surface area (Å²) in [4.78, 5) is 2.20. The molecule has 1 rings (SSSR count). The van der Waals surface area contributed by atoms with Gasteiger partial charge in [0.05, 0.1) is 12.2 Å². The van der Waals surface area contributed by atoms with Crippen LogP contribution in [0.3, 0.4) is 0 Å². The quantitative estimate of drug-likeness (QED) is 0.722. The van der Waals surface area contributed by atoms with Gasteiger partial charge in [0.1, 0.15) is 0 Å². The SMILES string of the molecule is CC(C)CNCC1CCC(CN(C)C)O1. The molecule has 1 heterocycles. The number of hydrogen-bond acceptors (Lipinski definition) is 3. The summed E-state index contributed by atoms with van der Waals surface area (Å²) >= 11 is 0. The first kappa shape index (κ1) is 12.9. The Labute approximate surface area is 94.2 Å². The number of hydrogen-bond donors (Lipinski definition) is 1. The zero-order valence-corrected chi connectivity index (χ0v) is 10.6. The lowest BCUT2D eigenvalue weighted by atomic mass is 10.2. The van der Waals surface area contributed by atoms with E-state index in [1.54, 1.807) is 0 Å². The van der Waals surface area contributed by atoms with Crippen molar-refractivity contribution in [2.75, 3.05) is 33.7 Å². The van der Waals surface area contributed by atoms with E-state index in [1.165, 1.54) is 12.8 Å². The highest BCUT2D eigenvalue weighted by Crippen LogP contribution is 2.19. The largest absolute Gasteiger partial charge is 0.372 e. The molecule has 0 aromatic heterocycles. The first-order chi connectivity index (χ1) is 7.08. The van der Waals surface area contributed by atoms with Crippen LogP contribution in [0.5, 0.6) is 0 Å². The highest BCUT2D eigenvalue weighted by Gasteiger charge is 2.24. The van der Waals surface area contributed by atoms with Gasteiger partial charge in [-0.25, -0.2) is 0 Å². The van der Waals surface area contributed by atoms with Crippen molar-refractivity contribution in [3.63, 3.8) is 0 Å². The number of rotatable bonds is 6. The maximum absolute atomic E-state index is 5.95. The monoisotopic (exact) mass is 214 g/mol. The van der Waals surface area contributed by atoms with Crippen molar-refractivity contribution in [1.82, 2.24) is 10.2 Å². The standard InChI is InChI=1S/C12H26N2O/c1-10(2)7-13-8-11-5-6-12(15-11)9-14(3)4/h10-13H,5-9H2,1-4H3. The highest BCUT2D eigenvalue weighted by molar-refractivity contribution is 4.76. The Morgan fingerprint density at radius 2 is 1.93 bits per heavy atom. The molecule has 0 aromatic rings. The molecular formula is C12H26N2O. The van der Waals surface area contributed by atoms with Crippen LogP contribution in [0.2, 0.25) is 0 Å². The minimum absolute atomic E-state index is 0.439. The minimum Gasteiger partial charge on any atom is -0.372 e. The van der Waals surface area contributed by atoms with Crippen LogP contribution in [0.4, 0.5) is 0 Å². The summed E-state index contributed by atoms with van der Waals surface area (Å²) in [5, 5.41) is 3.46. The fraction of sp³-hybridized carbons (Fsp3) is 1.00. The van der Waals surface area contributed by atoms with E-state index in [4.69, 9.17) is 4.74 Å². The summed E-state index contributed by atoms with van der Waals surface area (Å²) in [7, 11) is 4.21. The zero-order chi connectivity index (χ0) is 11.3. The van der Waals surface area contributed by atoms with E-state index in [2.05, 4.69) is 38.2 Å². The lowest BCUT2D eigenvalue weighted by Gasteiger charge is -2.18. The Morgan fingerprint density at radius 1 is 1.27 bits per heavy atom. The second-order valence-electron chi connectivity index (χ2n) is 5.27. The fourth-order valence-electron chi connectivity index (χ4n) is 2.00. The van der Waals surface area contributed by atoms with E-state index in [-0.39, 0.29) is 0 Å². The molecule has 1 saturated heterocycles.